The Morgan fingerprint density at radius 3 is 2.48 bits per heavy atom. The fourth-order valence-electron chi connectivity index (χ4n) is 3.61. The summed E-state index contributed by atoms with van der Waals surface area (Å²) < 4.78 is 6.59. The normalized spacial score (nSPS) is 15.7. The van der Waals surface area contributed by atoms with Crippen LogP contribution >= 0.6 is 11.8 Å². The van der Waals surface area contributed by atoms with E-state index in [0.717, 1.165) is 11.3 Å². The lowest BCUT2D eigenvalue weighted by molar-refractivity contribution is -0.149. The largest absolute Gasteiger partial charge is 0.469 e. The molecule has 0 saturated carbocycles. The Morgan fingerprint density at radius 1 is 1.09 bits per heavy atom. The van der Waals surface area contributed by atoms with Crippen molar-refractivity contribution in [3.05, 3.63) is 60.7 Å². The third kappa shape index (κ3) is 5.06. The highest BCUT2D eigenvalue weighted by Crippen LogP contribution is 2.28. The summed E-state index contributed by atoms with van der Waals surface area (Å²) in [6, 6.07) is 18.5. The number of benzene rings is 2. The lowest BCUT2D eigenvalue weighted by Crippen LogP contribution is -2.58. The summed E-state index contributed by atoms with van der Waals surface area (Å²) in [4.78, 5) is 38.5. The molecule has 0 bridgehead atoms. The first kappa shape index (κ1) is 22.5. The van der Waals surface area contributed by atoms with E-state index in [-0.39, 0.29) is 24.0 Å². The zero-order valence-corrected chi connectivity index (χ0v) is 18.8. The van der Waals surface area contributed by atoms with Crippen LogP contribution in [0.25, 0.3) is 17.1 Å². The molecule has 33 heavy (non-hydrogen) atoms. The van der Waals surface area contributed by atoms with Gasteiger partial charge < -0.3 is 15.0 Å². The smallest absolute Gasteiger partial charge is 0.308 e. The molecular formula is C23H23N5O4S. The molecule has 0 aliphatic carbocycles. The molecule has 1 fully saturated rings. The van der Waals surface area contributed by atoms with E-state index in [0.29, 0.717) is 24.1 Å². The number of esters is 1. The van der Waals surface area contributed by atoms with E-state index in [2.05, 4.69) is 20.3 Å². The number of hydrogen-bond donors (Lipinski definition) is 1. The van der Waals surface area contributed by atoms with Crippen molar-refractivity contribution in [1.82, 2.24) is 25.0 Å². The summed E-state index contributed by atoms with van der Waals surface area (Å²) >= 11 is 1.24. The Hall–Kier alpha value is -3.66. The zero-order valence-electron chi connectivity index (χ0n) is 18.0. The minimum Gasteiger partial charge on any atom is -0.469 e. The maximum absolute atomic E-state index is 13.0. The van der Waals surface area contributed by atoms with Gasteiger partial charge in [0.25, 0.3) is 0 Å². The van der Waals surface area contributed by atoms with Crippen molar-refractivity contribution in [1.29, 1.82) is 0 Å². The van der Waals surface area contributed by atoms with Gasteiger partial charge in [-0.3, -0.25) is 19.0 Å². The van der Waals surface area contributed by atoms with Gasteiger partial charge in [0.15, 0.2) is 11.0 Å². The van der Waals surface area contributed by atoms with Crippen molar-refractivity contribution in [2.75, 3.05) is 26.0 Å². The van der Waals surface area contributed by atoms with Crippen LogP contribution in [0, 0.1) is 0 Å². The maximum Gasteiger partial charge on any atom is 0.308 e. The van der Waals surface area contributed by atoms with Crippen LogP contribution in [0.15, 0.2) is 65.8 Å². The van der Waals surface area contributed by atoms with Crippen molar-refractivity contribution >= 4 is 29.5 Å². The Labute approximate surface area is 195 Å². The molecule has 10 heteroatoms. The van der Waals surface area contributed by atoms with Crippen LogP contribution in [0.5, 0.6) is 0 Å². The number of piperazine rings is 1. The highest BCUT2D eigenvalue weighted by atomic mass is 32.2. The molecule has 2 aromatic carbocycles. The van der Waals surface area contributed by atoms with E-state index < -0.39 is 12.0 Å². The summed E-state index contributed by atoms with van der Waals surface area (Å²) in [6.45, 7) is 0.665. The monoisotopic (exact) mass is 465 g/mol. The minimum atomic E-state index is -0.883. The van der Waals surface area contributed by atoms with Gasteiger partial charge in [-0.25, -0.2) is 0 Å². The van der Waals surface area contributed by atoms with E-state index in [1.807, 2.05) is 65.2 Å². The Bertz CT molecular complexity index is 1140. The number of aromatic nitrogens is 3. The number of methoxy groups -OCH3 is 1. The Kier molecular flexibility index (Phi) is 7.04. The highest BCUT2D eigenvalue weighted by Gasteiger charge is 2.35. The standard InChI is InChI=1S/C23H23N5O4S/c1-32-20(30)14-18-22(31)24-12-13-27(18)19(29)15-33-23-26-25-21(16-8-4-2-5-9-16)28(23)17-10-6-3-7-11-17/h2-11,18H,12-15H2,1H3,(H,24,31)/t18-/m0/s1. The predicted molar refractivity (Wildman–Crippen MR) is 123 cm³/mol. The van der Waals surface area contributed by atoms with Gasteiger partial charge in [0.1, 0.15) is 6.04 Å². The number of para-hydroxylation sites is 1. The average Bonchev–Trinajstić information content (AvgIpc) is 3.28. The van der Waals surface area contributed by atoms with Gasteiger partial charge in [0.05, 0.1) is 19.3 Å². The van der Waals surface area contributed by atoms with E-state index in [4.69, 9.17) is 0 Å². The van der Waals surface area contributed by atoms with E-state index in [1.165, 1.54) is 23.8 Å². The van der Waals surface area contributed by atoms with Gasteiger partial charge in [-0.05, 0) is 12.1 Å². The quantitative estimate of drug-likeness (QED) is 0.420. The molecule has 170 valence electrons. The Balaban J connectivity index is 1.57. The van der Waals surface area contributed by atoms with Crippen LogP contribution < -0.4 is 5.32 Å². The second-order valence-corrected chi connectivity index (χ2v) is 8.25. The number of carbonyl (C=O) groups is 3. The second kappa shape index (κ2) is 10.3. The van der Waals surface area contributed by atoms with Crippen LogP contribution in [0.2, 0.25) is 0 Å². The third-order valence-electron chi connectivity index (χ3n) is 5.24. The molecule has 9 nitrogen and oxygen atoms in total. The van der Waals surface area contributed by atoms with Gasteiger partial charge in [0, 0.05) is 24.3 Å². The molecule has 0 radical (unpaired) electrons. The topological polar surface area (TPSA) is 106 Å². The number of thioether (sulfide) groups is 1. The number of ether oxygens (including phenoxy) is 1. The maximum atomic E-state index is 13.0. The van der Waals surface area contributed by atoms with Crippen molar-refractivity contribution in [2.24, 2.45) is 0 Å². The number of amides is 2. The number of nitrogens with one attached hydrogen (secondary N) is 1. The first-order valence-electron chi connectivity index (χ1n) is 10.4. The molecule has 1 N–H and O–H groups in total. The fourth-order valence-corrected chi connectivity index (χ4v) is 4.45. The summed E-state index contributed by atoms with van der Waals surface area (Å²) in [5.41, 5.74) is 1.77. The van der Waals surface area contributed by atoms with Crippen molar-refractivity contribution in [3.8, 4) is 17.1 Å². The number of rotatable bonds is 7. The van der Waals surface area contributed by atoms with Crippen LogP contribution in [-0.2, 0) is 19.1 Å². The number of carbonyl (C=O) groups excluding carboxylic acids is 3. The molecule has 1 atom stereocenters. The van der Waals surface area contributed by atoms with Crippen LogP contribution in [-0.4, -0.2) is 69.4 Å². The van der Waals surface area contributed by atoms with Crippen molar-refractivity contribution in [3.63, 3.8) is 0 Å². The van der Waals surface area contributed by atoms with Gasteiger partial charge >= 0.3 is 5.97 Å². The number of nitrogens with zero attached hydrogens (tertiary/aromatic N) is 4. The van der Waals surface area contributed by atoms with Crippen LogP contribution in [0.3, 0.4) is 0 Å². The first-order chi connectivity index (χ1) is 16.1. The molecular weight excluding hydrogens is 442 g/mol. The minimum absolute atomic E-state index is 0.0463. The predicted octanol–water partition coefficient (Wildman–Crippen LogP) is 1.92. The SMILES string of the molecule is COC(=O)C[C@H]1C(=O)NCCN1C(=O)CSc1nnc(-c2ccccc2)n1-c1ccccc1. The van der Waals surface area contributed by atoms with Crippen LogP contribution in [0.4, 0.5) is 0 Å². The Morgan fingerprint density at radius 2 is 1.79 bits per heavy atom. The highest BCUT2D eigenvalue weighted by molar-refractivity contribution is 7.99. The summed E-state index contributed by atoms with van der Waals surface area (Å²) in [6.07, 6.45) is -0.183. The van der Waals surface area contributed by atoms with Gasteiger partial charge in [-0.1, -0.05) is 60.3 Å². The first-order valence-corrected chi connectivity index (χ1v) is 11.4. The molecule has 3 aromatic rings. The lowest BCUT2D eigenvalue weighted by Gasteiger charge is -2.34. The van der Waals surface area contributed by atoms with Gasteiger partial charge in [-0.2, -0.15) is 0 Å². The van der Waals surface area contributed by atoms with Gasteiger partial charge in [0.2, 0.25) is 11.8 Å². The third-order valence-corrected chi connectivity index (χ3v) is 6.16. The summed E-state index contributed by atoms with van der Waals surface area (Å²) in [5.74, 6) is -0.446. The molecule has 2 amide bonds. The van der Waals surface area contributed by atoms with Crippen LogP contribution in [0.1, 0.15) is 6.42 Å². The average molecular weight is 466 g/mol. The fraction of sp³-hybridized carbons (Fsp3) is 0.261. The van der Waals surface area contributed by atoms with Crippen molar-refractivity contribution < 1.29 is 19.1 Å². The van der Waals surface area contributed by atoms with E-state index in [9.17, 15) is 14.4 Å². The molecule has 1 aromatic heterocycles. The van der Waals surface area contributed by atoms with E-state index >= 15 is 0 Å². The van der Waals surface area contributed by atoms with Crippen molar-refractivity contribution in [2.45, 2.75) is 17.6 Å². The molecule has 2 heterocycles. The summed E-state index contributed by atoms with van der Waals surface area (Å²) in [5, 5.41) is 12.0. The molecule has 1 aliphatic rings. The number of hydrogen-bond acceptors (Lipinski definition) is 7. The second-order valence-electron chi connectivity index (χ2n) is 7.31. The molecule has 1 aliphatic heterocycles. The van der Waals surface area contributed by atoms with E-state index in [1.54, 1.807) is 0 Å². The zero-order chi connectivity index (χ0) is 23.2. The lowest BCUT2D eigenvalue weighted by atomic mass is 10.1. The molecule has 4 rings (SSSR count). The van der Waals surface area contributed by atoms with Gasteiger partial charge in [-0.15, -0.1) is 10.2 Å². The molecule has 0 unspecified atom stereocenters. The summed E-state index contributed by atoms with van der Waals surface area (Å²) in [7, 11) is 1.26. The molecule has 1 saturated heterocycles. The molecule has 0 spiro atoms.